The van der Waals surface area contributed by atoms with Crippen LogP contribution in [0.4, 0.5) is 0 Å². The van der Waals surface area contributed by atoms with Gasteiger partial charge in [0.05, 0.1) is 12.2 Å². The summed E-state index contributed by atoms with van der Waals surface area (Å²) < 4.78 is 0. The average molecular weight is 309 g/mol. The molecule has 3 aliphatic rings. The van der Waals surface area contributed by atoms with Crippen LogP contribution in [0.2, 0.25) is 0 Å². The standard InChI is InChI=1S/C15H27N5O2/c1-9(21)17-10-4-2-5-11(8-10)18-14-12-6-3-7-16-13(12)15(22)20-19-14/h10-14,16,18-19H,2-8H2,1H3,(H,17,21)(H,20,22). The molecule has 5 atom stereocenters. The normalized spacial score (nSPS) is 38.8. The Bertz CT molecular complexity index is 430. The molecule has 1 aliphatic carbocycles. The molecule has 7 nitrogen and oxygen atoms in total. The van der Waals surface area contributed by atoms with Crippen molar-refractivity contribution in [3.8, 4) is 0 Å². The zero-order valence-corrected chi connectivity index (χ0v) is 13.2. The SMILES string of the molecule is CC(=O)NC1CCCC(NC2NNC(=O)C3NCCCC23)C1. The minimum Gasteiger partial charge on any atom is -0.354 e. The second kappa shape index (κ2) is 6.93. The van der Waals surface area contributed by atoms with E-state index in [4.69, 9.17) is 0 Å². The number of piperidine rings is 1. The molecule has 0 aromatic rings. The zero-order valence-electron chi connectivity index (χ0n) is 13.2. The first-order valence-electron chi connectivity index (χ1n) is 8.45. The van der Waals surface area contributed by atoms with Gasteiger partial charge >= 0.3 is 0 Å². The average Bonchev–Trinajstić information content (AvgIpc) is 2.50. The van der Waals surface area contributed by atoms with Crippen LogP contribution >= 0.6 is 0 Å². The van der Waals surface area contributed by atoms with Crippen LogP contribution < -0.4 is 26.8 Å². The lowest BCUT2D eigenvalue weighted by atomic mass is 9.84. The minimum atomic E-state index is -0.0952. The first kappa shape index (κ1) is 15.7. The highest BCUT2D eigenvalue weighted by molar-refractivity contribution is 5.82. The fourth-order valence-electron chi connectivity index (χ4n) is 4.07. The summed E-state index contributed by atoms with van der Waals surface area (Å²) in [5, 5.41) is 10.0. The van der Waals surface area contributed by atoms with Crippen molar-refractivity contribution in [2.45, 2.75) is 69.7 Å². The van der Waals surface area contributed by atoms with E-state index in [1.54, 1.807) is 6.92 Å². The summed E-state index contributed by atoms with van der Waals surface area (Å²) in [6.45, 7) is 2.49. The van der Waals surface area contributed by atoms with Gasteiger partial charge in [0.25, 0.3) is 5.91 Å². The zero-order chi connectivity index (χ0) is 15.5. The fraction of sp³-hybridized carbons (Fsp3) is 0.867. The molecule has 22 heavy (non-hydrogen) atoms. The molecule has 3 fully saturated rings. The van der Waals surface area contributed by atoms with E-state index in [9.17, 15) is 9.59 Å². The van der Waals surface area contributed by atoms with Crippen LogP contribution in [0.1, 0.15) is 45.4 Å². The van der Waals surface area contributed by atoms with E-state index in [2.05, 4.69) is 26.8 Å². The highest BCUT2D eigenvalue weighted by Gasteiger charge is 2.41. The Morgan fingerprint density at radius 1 is 1.18 bits per heavy atom. The van der Waals surface area contributed by atoms with E-state index in [1.807, 2.05) is 0 Å². The first-order valence-corrected chi connectivity index (χ1v) is 8.45. The summed E-state index contributed by atoms with van der Waals surface area (Å²) in [6.07, 6.45) is 6.50. The molecule has 0 spiro atoms. The number of carbonyl (C=O) groups excluding carboxylic acids is 2. The second-order valence-electron chi connectivity index (χ2n) is 6.78. The van der Waals surface area contributed by atoms with Crippen molar-refractivity contribution >= 4 is 11.8 Å². The molecule has 2 saturated heterocycles. The molecule has 2 aliphatic heterocycles. The smallest absolute Gasteiger partial charge is 0.251 e. The fourth-order valence-corrected chi connectivity index (χ4v) is 4.07. The first-order chi connectivity index (χ1) is 10.6. The van der Waals surface area contributed by atoms with Gasteiger partial charge in [-0.2, -0.15) is 0 Å². The summed E-state index contributed by atoms with van der Waals surface area (Å²) in [6, 6.07) is 0.546. The van der Waals surface area contributed by atoms with Crippen molar-refractivity contribution in [2.75, 3.05) is 6.54 Å². The number of hydrogen-bond acceptors (Lipinski definition) is 5. The number of hydrogen-bond donors (Lipinski definition) is 5. The Balaban J connectivity index is 1.57. The van der Waals surface area contributed by atoms with Gasteiger partial charge in [0, 0.05) is 24.9 Å². The second-order valence-corrected chi connectivity index (χ2v) is 6.78. The summed E-state index contributed by atoms with van der Waals surface area (Å²) in [5.41, 5.74) is 5.91. The predicted molar refractivity (Wildman–Crippen MR) is 82.6 cm³/mol. The van der Waals surface area contributed by atoms with Gasteiger partial charge in [-0.1, -0.05) is 0 Å². The van der Waals surface area contributed by atoms with E-state index >= 15 is 0 Å². The van der Waals surface area contributed by atoms with Gasteiger partial charge in [0.1, 0.15) is 0 Å². The van der Waals surface area contributed by atoms with Gasteiger partial charge in [0.2, 0.25) is 5.91 Å². The molecule has 2 heterocycles. The molecule has 0 radical (unpaired) electrons. The molecule has 1 saturated carbocycles. The van der Waals surface area contributed by atoms with Gasteiger partial charge in [-0.05, 0) is 45.1 Å². The van der Waals surface area contributed by atoms with E-state index in [0.29, 0.717) is 6.04 Å². The molecule has 3 rings (SSSR count). The van der Waals surface area contributed by atoms with Crippen molar-refractivity contribution in [3.05, 3.63) is 0 Å². The Morgan fingerprint density at radius 2 is 2.00 bits per heavy atom. The van der Waals surface area contributed by atoms with Crippen LogP contribution in [0.5, 0.6) is 0 Å². The van der Waals surface area contributed by atoms with Gasteiger partial charge in [-0.15, -0.1) is 0 Å². The maximum atomic E-state index is 11.9. The van der Waals surface area contributed by atoms with E-state index < -0.39 is 0 Å². The van der Waals surface area contributed by atoms with Crippen molar-refractivity contribution in [2.24, 2.45) is 5.92 Å². The summed E-state index contributed by atoms with van der Waals surface area (Å²) in [5.74, 6) is 0.372. The Labute approximate surface area is 131 Å². The van der Waals surface area contributed by atoms with Crippen molar-refractivity contribution < 1.29 is 9.59 Å². The minimum absolute atomic E-state index is 0.0440. The third kappa shape index (κ3) is 3.59. The molecular weight excluding hydrogens is 282 g/mol. The lowest BCUT2D eigenvalue weighted by Gasteiger charge is -2.44. The van der Waals surface area contributed by atoms with Crippen LogP contribution in [-0.2, 0) is 9.59 Å². The third-order valence-corrected chi connectivity index (χ3v) is 5.06. The Morgan fingerprint density at radius 3 is 2.82 bits per heavy atom. The van der Waals surface area contributed by atoms with Gasteiger partial charge < -0.3 is 10.6 Å². The van der Waals surface area contributed by atoms with Crippen LogP contribution in [-0.4, -0.2) is 42.7 Å². The largest absolute Gasteiger partial charge is 0.354 e. The molecule has 5 N–H and O–H groups in total. The lowest BCUT2D eigenvalue weighted by Crippen LogP contribution is -2.71. The van der Waals surface area contributed by atoms with Crippen molar-refractivity contribution in [1.29, 1.82) is 0 Å². The summed E-state index contributed by atoms with van der Waals surface area (Å²) in [4.78, 5) is 23.2. The monoisotopic (exact) mass is 309 g/mol. The lowest BCUT2D eigenvalue weighted by molar-refractivity contribution is -0.130. The molecule has 2 amide bonds. The van der Waals surface area contributed by atoms with Crippen LogP contribution in [0.15, 0.2) is 0 Å². The highest BCUT2D eigenvalue weighted by Crippen LogP contribution is 2.24. The Kier molecular flexibility index (Phi) is 4.95. The molecule has 0 aromatic carbocycles. The van der Waals surface area contributed by atoms with Crippen LogP contribution in [0, 0.1) is 5.92 Å². The van der Waals surface area contributed by atoms with Gasteiger partial charge in [-0.3, -0.25) is 20.3 Å². The molecule has 5 unspecified atom stereocenters. The number of nitrogens with one attached hydrogen (secondary N) is 5. The van der Waals surface area contributed by atoms with Crippen LogP contribution in [0.3, 0.4) is 0 Å². The molecule has 0 aromatic heterocycles. The summed E-state index contributed by atoms with van der Waals surface area (Å²) >= 11 is 0. The molecule has 124 valence electrons. The highest BCUT2D eigenvalue weighted by atomic mass is 16.2. The maximum absolute atomic E-state index is 11.9. The number of carbonyl (C=O) groups is 2. The Hall–Kier alpha value is -1.18. The van der Waals surface area contributed by atoms with Crippen molar-refractivity contribution in [1.82, 2.24) is 26.8 Å². The quantitative estimate of drug-likeness (QED) is 0.478. The van der Waals surface area contributed by atoms with Gasteiger partial charge in [-0.25, -0.2) is 5.43 Å². The van der Waals surface area contributed by atoms with Crippen LogP contribution in [0.25, 0.3) is 0 Å². The van der Waals surface area contributed by atoms with Gasteiger partial charge in [0.15, 0.2) is 0 Å². The van der Waals surface area contributed by atoms with Crippen molar-refractivity contribution in [3.63, 3.8) is 0 Å². The number of hydrazine groups is 1. The predicted octanol–water partition coefficient (Wildman–Crippen LogP) is -0.648. The number of rotatable bonds is 3. The number of fused-ring (bicyclic) bond motifs is 1. The van der Waals surface area contributed by atoms with E-state index in [1.165, 1.54) is 0 Å². The molecular formula is C15H27N5O2. The van der Waals surface area contributed by atoms with E-state index in [0.717, 1.165) is 45.1 Å². The molecule has 7 heteroatoms. The molecule has 0 bridgehead atoms. The maximum Gasteiger partial charge on any atom is 0.251 e. The topological polar surface area (TPSA) is 94.3 Å². The third-order valence-electron chi connectivity index (χ3n) is 5.06. The van der Waals surface area contributed by atoms with E-state index in [-0.39, 0.29) is 36.0 Å². The summed E-state index contributed by atoms with van der Waals surface area (Å²) in [7, 11) is 0. The number of amides is 2.